The number of fused-ring (bicyclic) bond motifs is 1. The van der Waals surface area contributed by atoms with E-state index in [1.54, 1.807) is 13.3 Å². The number of phenols is 1. The van der Waals surface area contributed by atoms with Gasteiger partial charge >= 0.3 is 0 Å². The lowest BCUT2D eigenvalue weighted by molar-refractivity contribution is 0.414. The van der Waals surface area contributed by atoms with E-state index in [4.69, 9.17) is 4.74 Å². The number of nitrogens with zero attached hydrogens (tertiary/aromatic N) is 1. The molecule has 0 fully saturated rings. The lowest BCUT2D eigenvalue weighted by Crippen LogP contribution is -1.87. The van der Waals surface area contributed by atoms with Gasteiger partial charge in [-0.05, 0) is 29.1 Å². The van der Waals surface area contributed by atoms with Crippen molar-refractivity contribution in [2.24, 2.45) is 4.99 Å². The lowest BCUT2D eigenvalue weighted by atomic mass is 10.1. The van der Waals surface area contributed by atoms with Crippen molar-refractivity contribution >= 4 is 17.0 Å². The summed E-state index contributed by atoms with van der Waals surface area (Å²) in [6, 6.07) is 19.4. The van der Waals surface area contributed by atoms with E-state index >= 15 is 0 Å². The van der Waals surface area contributed by atoms with Gasteiger partial charge in [0.05, 0.1) is 13.7 Å². The molecule has 0 aliphatic carbocycles. The molecule has 0 atom stereocenters. The Labute approximate surface area is 129 Å². The van der Waals surface area contributed by atoms with Gasteiger partial charge in [-0.3, -0.25) is 4.99 Å². The highest BCUT2D eigenvalue weighted by atomic mass is 16.5. The van der Waals surface area contributed by atoms with Crippen LogP contribution < -0.4 is 4.74 Å². The van der Waals surface area contributed by atoms with Crippen LogP contribution in [0.2, 0.25) is 0 Å². The van der Waals surface area contributed by atoms with Crippen LogP contribution in [0.15, 0.2) is 65.7 Å². The molecule has 0 heterocycles. The summed E-state index contributed by atoms with van der Waals surface area (Å²) in [7, 11) is 1.65. The Balaban J connectivity index is 1.78. The number of ether oxygens (including phenoxy) is 1. The van der Waals surface area contributed by atoms with Gasteiger partial charge in [0.2, 0.25) is 0 Å². The number of benzene rings is 3. The molecule has 3 heteroatoms. The van der Waals surface area contributed by atoms with Crippen LogP contribution in [0.4, 0.5) is 0 Å². The second kappa shape index (κ2) is 6.31. The number of aliphatic imine (C=N–C) groups is 1. The van der Waals surface area contributed by atoms with Gasteiger partial charge in [0.15, 0.2) is 0 Å². The van der Waals surface area contributed by atoms with Crippen LogP contribution >= 0.6 is 0 Å². The summed E-state index contributed by atoms with van der Waals surface area (Å²) in [6.45, 7) is 0.566. The molecule has 0 unspecified atom stereocenters. The Morgan fingerprint density at radius 3 is 2.55 bits per heavy atom. The molecule has 3 aromatic rings. The highest BCUT2D eigenvalue weighted by Crippen LogP contribution is 2.27. The van der Waals surface area contributed by atoms with E-state index in [2.05, 4.69) is 4.99 Å². The first kappa shape index (κ1) is 14.1. The maximum Gasteiger partial charge on any atom is 0.132 e. The standard InChI is InChI=1S/C19H17NO2/c1-22-17-10-6-14(7-11-17)12-20-13-16-9-8-15-4-2-3-5-18(15)19(16)21/h2-11,13,21H,12H2,1H3. The Morgan fingerprint density at radius 2 is 1.77 bits per heavy atom. The minimum Gasteiger partial charge on any atom is -0.507 e. The molecular weight excluding hydrogens is 274 g/mol. The average Bonchev–Trinajstić information content (AvgIpc) is 2.58. The van der Waals surface area contributed by atoms with E-state index in [-0.39, 0.29) is 5.75 Å². The van der Waals surface area contributed by atoms with Crippen LogP contribution in [-0.4, -0.2) is 18.4 Å². The molecule has 3 rings (SSSR count). The molecule has 0 aromatic heterocycles. The van der Waals surface area contributed by atoms with Crippen molar-refractivity contribution in [1.82, 2.24) is 0 Å². The third-order valence-corrected chi connectivity index (χ3v) is 3.60. The van der Waals surface area contributed by atoms with Crippen molar-refractivity contribution in [3.63, 3.8) is 0 Å². The minimum absolute atomic E-state index is 0.275. The first-order valence-electron chi connectivity index (χ1n) is 7.11. The molecule has 22 heavy (non-hydrogen) atoms. The van der Waals surface area contributed by atoms with Gasteiger partial charge in [0.25, 0.3) is 0 Å². The highest BCUT2D eigenvalue weighted by Gasteiger charge is 2.03. The zero-order valence-electron chi connectivity index (χ0n) is 12.4. The van der Waals surface area contributed by atoms with Crippen LogP contribution in [-0.2, 0) is 6.54 Å². The van der Waals surface area contributed by atoms with E-state index < -0.39 is 0 Å². The summed E-state index contributed by atoms with van der Waals surface area (Å²) in [5.41, 5.74) is 1.82. The largest absolute Gasteiger partial charge is 0.507 e. The third-order valence-electron chi connectivity index (χ3n) is 3.60. The molecule has 0 saturated heterocycles. The second-order valence-corrected chi connectivity index (χ2v) is 5.04. The number of hydrogen-bond acceptors (Lipinski definition) is 3. The van der Waals surface area contributed by atoms with Crippen molar-refractivity contribution in [2.45, 2.75) is 6.54 Å². The first-order chi connectivity index (χ1) is 10.8. The average molecular weight is 291 g/mol. The van der Waals surface area contributed by atoms with Crippen molar-refractivity contribution in [2.75, 3.05) is 7.11 Å². The summed E-state index contributed by atoms with van der Waals surface area (Å²) in [6.07, 6.45) is 1.71. The van der Waals surface area contributed by atoms with Gasteiger partial charge in [-0.1, -0.05) is 42.5 Å². The van der Waals surface area contributed by atoms with E-state index in [1.165, 1.54) is 0 Å². The van der Waals surface area contributed by atoms with Crippen LogP contribution in [0.3, 0.4) is 0 Å². The fraction of sp³-hybridized carbons (Fsp3) is 0.105. The van der Waals surface area contributed by atoms with Crippen LogP contribution in [0.25, 0.3) is 10.8 Å². The fourth-order valence-corrected chi connectivity index (χ4v) is 2.36. The quantitative estimate of drug-likeness (QED) is 0.733. The molecule has 0 bridgehead atoms. The summed E-state index contributed by atoms with van der Waals surface area (Å²) in [5.74, 6) is 1.11. The zero-order chi connectivity index (χ0) is 15.4. The monoisotopic (exact) mass is 291 g/mol. The summed E-state index contributed by atoms with van der Waals surface area (Å²) in [5, 5.41) is 12.2. The van der Waals surface area contributed by atoms with E-state index in [0.717, 1.165) is 27.6 Å². The highest BCUT2D eigenvalue weighted by molar-refractivity contribution is 5.97. The third kappa shape index (κ3) is 2.93. The van der Waals surface area contributed by atoms with Crippen LogP contribution in [0.5, 0.6) is 11.5 Å². The Bertz CT molecular complexity index is 807. The van der Waals surface area contributed by atoms with Gasteiger partial charge in [-0.15, -0.1) is 0 Å². The Kier molecular flexibility index (Phi) is 4.05. The number of hydrogen-bond donors (Lipinski definition) is 1. The molecule has 0 saturated carbocycles. The van der Waals surface area contributed by atoms with Gasteiger partial charge in [0, 0.05) is 17.2 Å². The summed E-state index contributed by atoms with van der Waals surface area (Å²) >= 11 is 0. The van der Waals surface area contributed by atoms with E-state index in [0.29, 0.717) is 6.54 Å². The first-order valence-corrected chi connectivity index (χ1v) is 7.11. The Hall–Kier alpha value is -2.81. The smallest absolute Gasteiger partial charge is 0.132 e. The SMILES string of the molecule is COc1ccc(CN=Cc2ccc3ccccc3c2O)cc1. The molecular formula is C19H17NO2. The molecule has 0 spiro atoms. The molecule has 0 aliphatic heterocycles. The number of methoxy groups -OCH3 is 1. The van der Waals surface area contributed by atoms with Crippen molar-refractivity contribution < 1.29 is 9.84 Å². The maximum absolute atomic E-state index is 10.3. The van der Waals surface area contributed by atoms with Gasteiger partial charge in [-0.25, -0.2) is 0 Å². The minimum atomic E-state index is 0.275. The normalized spacial score (nSPS) is 11.1. The van der Waals surface area contributed by atoms with Gasteiger partial charge < -0.3 is 9.84 Å². The second-order valence-electron chi connectivity index (χ2n) is 5.04. The van der Waals surface area contributed by atoms with Crippen molar-refractivity contribution in [3.8, 4) is 11.5 Å². The molecule has 0 radical (unpaired) electrons. The Morgan fingerprint density at radius 1 is 1.00 bits per heavy atom. The summed E-state index contributed by atoms with van der Waals surface area (Å²) < 4.78 is 5.13. The lowest BCUT2D eigenvalue weighted by Gasteiger charge is -2.04. The predicted molar refractivity (Wildman–Crippen MR) is 89.9 cm³/mol. The molecule has 0 amide bonds. The molecule has 0 aliphatic rings. The van der Waals surface area contributed by atoms with Crippen LogP contribution in [0, 0.1) is 0 Å². The number of aromatic hydroxyl groups is 1. The molecule has 3 aromatic carbocycles. The van der Waals surface area contributed by atoms with E-state index in [1.807, 2.05) is 60.7 Å². The number of phenolic OH excluding ortho intramolecular Hbond substituents is 1. The molecule has 110 valence electrons. The molecule has 3 nitrogen and oxygen atoms in total. The fourth-order valence-electron chi connectivity index (χ4n) is 2.36. The topological polar surface area (TPSA) is 41.8 Å². The van der Waals surface area contributed by atoms with Crippen molar-refractivity contribution in [1.29, 1.82) is 0 Å². The maximum atomic E-state index is 10.3. The summed E-state index contributed by atoms with van der Waals surface area (Å²) in [4.78, 5) is 4.41. The van der Waals surface area contributed by atoms with Gasteiger partial charge in [-0.2, -0.15) is 0 Å². The van der Waals surface area contributed by atoms with E-state index in [9.17, 15) is 5.11 Å². The molecule has 1 N–H and O–H groups in total. The van der Waals surface area contributed by atoms with Crippen molar-refractivity contribution in [3.05, 3.63) is 71.8 Å². The zero-order valence-corrected chi connectivity index (χ0v) is 12.4. The van der Waals surface area contributed by atoms with Crippen LogP contribution in [0.1, 0.15) is 11.1 Å². The van der Waals surface area contributed by atoms with Gasteiger partial charge in [0.1, 0.15) is 11.5 Å². The predicted octanol–water partition coefficient (Wildman–Crippen LogP) is 4.17. The number of rotatable bonds is 4.